The Labute approximate surface area is 190 Å². The van der Waals surface area contributed by atoms with E-state index in [9.17, 15) is 17.6 Å². The highest BCUT2D eigenvalue weighted by molar-refractivity contribution is 7.92. The van der Waals surface area contributed by atoms with E-state index < -0.39 is 28.3 Å². The van der Waals surface area contributed by atoms with Crippen molar-refractivity contribution in [3.05, 3.63) is 77.6 Å². The minimum absolute atomic E-state index is 0.174. The summed E-state index contributed by atoms with van der Waals surface area (Å²) in [6.07, 6.45) is 0. The number of halogens is 2. The monoisotopic (exact) mass is 478 g/mol. The maximum absolute atomic E-state index is 14.6. The molecule has 3 rings (SSSR count). The predicted molar refractivity (Wildman–Crippen MR) is 121 cm³/mol. The van der Waals surface area contributed by atoms with E-state index in [4.69, 9.17) is 21.1 Å². The van der Waals surface area contributed by atoms with E-state index in [1.165, 1.54) is 50.6 Å². The molecule has 168 valence electrons. The summed E-state index contributed by atoms with van der Waals surface area (Å²) in [4.78, 5) is 12.5. The van der Waals surface area contributed by atoms with Gasteiger partial charge in [-0.2, -0.15) is 0 Å². The number of hydrogen-bond donors (Lipinski definition) is 1. The van der Waals surface area contributed by atoms with Crippen LogP contribution in [0.1, 0.15) is 0 Å². The molecule has 0 saturated heterocycles. The molecule has 0 fully saturated rings. The lowest BCUT2D eigenvalue weighted by Crippen LogP contribution is -2.38. The molecule has 1 N–H and O–H groups in total. The predicted octanol–water partition coefficient (Wildman–Crippen LogP) is 4.33. The summed E-state index contributed by atoms with van der Waals surface area (Å²) < 4.78 is 52.5. The highest BCUT2D eigenvalue weighted by atomic mass is 35.5. The summed E-state index contributed by atoms with van der Waals surface area (Å²) in [6.45, 7) is -0.666. The number of anilines is 2. The molecule has 0 saturated carbocycles. The molecule has 7 nitrogen and oxygen atoms in total. The zero-order chi connectivity index (χ0) is 23.3. The van der Waals surface area contributed by atoms with Gasteiger partial charge in [0.2, 0.25) is 5.91 Å². The Morgan fingerprint density at radius 3 is 2.28 bits per heavy atom. The summed E-state index contributed by atoms with van der Waals surface area (Å²) in [6, 6.07) is 15.5. The number of para-hydroxylation sites is 1. The summed E-state index contributed by atoms with van der Waals surface area (Å²) in [7, 11) is -1.57. The van der Waals surface area contributed by atoms with Gasteiger partial charge in [0.25, 0.3) is 10.0 Å². The van der Waals surface area contributed by atoms with E-state index in [2.05, 4.69) is 5.32 Å². The molecule has 0 heterocycles. The molecule has 0 aliphatic heterocycles. The van der Waals surface area contributed by atoms with Crippen LogP contribution in [0, 0.1) is 5.82 Å². The smallest absolute Gasteiger partial charge is 0.265 e. The number of amides is 1. The average molecular weight is 479 g/mol. The highest BCUT2D eigenvalue weighted by Gasteiger charge is 2.30. The molecular weight excluding hydrogens is 459 g/mol. The van der Waals surface area contributed by atoms with Gasteiger partial charge >= 0.3 is 0 Å². The van der Waals surface area contributed by atoms with Crippen LogP contribution in [0.3, 0.4) is 0 Å². The summed E-state index contributed by atoms with van der Waals surface area (Å²) in [5, 5.41) is 3.06. The standard InChI is InChI=1S/C22H20ClFN2O5S/c1-30-20-12-11-17(13-21(20)31-2)32(28,29)26(19-6-4-3-5-18(19)24)14-22(27)25-16-9-7-15(23)8-10-16/h3-13H,14H2,1-2H3,(H,25,27). The van der Waals surface area contributed by atoms with Crippen molar-refractivity contribution in [3.8, 4) is 11.5 Å². The van der Waals surface area contributed by atoms with Gasteiger partial charge in [0.1, 0.15) is 12.4 Å². The molecule has 0 unspecified atom stereocenters. The first kappa shape index (κ1) is 23.4. The average Bonchev–Trinajstić information content (AvgIpc) is 2.79. The lowest BCUT2D eigenvalue weighted by atomic mass is 10.3. The van der Waals surface area contributed by atoms with Crippen LogP contribution >= 0.6 is 11.6 Å². The Kier molecular flexibility index (Phi) is 7.22. The summed E-state index contributed by atoms with van der Waals surface area (Å²) >= 11 is 5.84. The van der Waals surface area contributed by atoms with Crippen molar-refractivity contribution in [1.82, 2.24) is 0 Å². The fraction of sp³-hybridized carbons (Fsp3) is 0.136. The molecule has 3 aromatic rings. The van der Waals surface area contributed by atoms with Gasteiger partial charge in [-0.05, 0) is 48.5 Å². The molecule has 0 atom stereocenters. The minimum Gasteiger partial charge on any atom is -0.493 e. The van der Waals surface area contributed by atoms with Crippen LogP contribution in [-0.2, 0) is 14.8 Å². The van der Waals surface area contributed by atoms with Gasteiger partial charge in [-0.3, -0.25) is 9.10 Å². The first-order chi connectivity index (χ1) is 15.3. The van der Waals surface area contributed by atoms with Crippen LogP contribution in [-0.4, -0.2) is 35.1 Å². The number of nitrogens with zero attached hydrogens (tertiary/aromatic N) is 1. The van der Waals surface area contributed by atoms with E-state index in [0.717, 1.165) is 6.07 Å². The number of methoxy groups -OCH3 is 2. The molecule has 32 heavy (non-hydrogen) atoms. The number of nitrogens with one attached hydrogen (secondary N) is 1. The van der Waals surface area contributed by atoms with Gasteiger partial charge in [0.05, 0.1) is 24.8 Å². The van der Waals surface area contributed by atoms with Crippen molar-refractivity contribution in [1.29, 1.82) is 0 Å². The molecule has 0 spiro atoms. The van der Waals surface area contributed by atoms with Crippen molar-refractivity contribution < 1.29 is 27.1 Å². The largest absolute Gasteiger partial charge is 0.493 e. The third kappa shape index (κ3) is 5.12. The van der Waals surface area contributed by atoms with Crippen molar-refractivity contribution >= 4 is 38.9 Å². The van der Waals surface area contributed by atoms with Crippen LogP contribution < -0.4 is 19.1 Å². The fourth-order valence-corrected chi connectivity index (χ4v) is 4.49. The molecule has 0 radical (unpaired) electrons. The third-order valence-electron chi connectivity index (χ3n) is 4.48. The minimum atomic E-state index is -4.35. The number of carbonyl (C=O) groups is 1. The molecule has 1 amide bonds. The second-order valence-corrected chi connectivity index (χ2v) is 8.83. The molecule has 0 aliphatic rings. The highest BCUT2D eigenvalue weighted by Crippen LogP contribution is 2.33. The van der Waals surface area contributed by atoms with Gasteiger partial charge in [-0.25, -0.2) is 12.8 Å². The van der Waals surface area contributed by atoms with Crippen LogP contribution in [0.15, 0.2) is 71.6 Å². The van der Waals surface area contributed by atoms with E-state index in [1.54, 1.807) is 24.3 Å². The lowest BCUT2D eigenvalue weighted by Gasteiger charge is -2.25. The first-order valence-corrected chi connectivity index (χ1v) is 11.1. The molecule has 0 bridgehead atoms. The fourth-order valence-electron chi connectivity index (χ4n) is 2.92. The topological polar surface area (TPSA) is 84.9 Å². The number of sulfonamides is 1. The lowest BCUT2D eigenvalue weighted by molar-refractivity contribution is -0.114. The van der Waals surface area contributed by atoms with E-state index in [-0.39, 0.29) is 16.3 Å². The molecule has 0 aromatic heterocycles. The Bertz CT molecular complexity index is 1220. The van der Waals surface area contributed by atoms with Crippen molar-refractivity contribution in [3.63, 3.8) is 0 Å². The van der Waals surface area contributed by atoms with Gasteiger partial charge in [-0.15, -0.1) is 0 Å². The van der Waals surface area contributed by atoms with Crippen LogP contribution in [0.5, 0.6) is 11.5 Å². The molecule has 0 aliphatic carbocycles. The first-order valence-electron chi connectivity index (χ1n) is 9.31. The maximum Gasteiger partial charge on any atom is 0.265 e. The zero-order valence-corrected chi connectivity index (χ0v) is 18.8. The van der Waals surface area contributed by atoms with E-state index in [1.807, 2.05) is 0 Å². The Hall–Kier alpha value is -3.30. The van der Waals surface area contributed by atoms with Crippen LogP contribution in [0.25, 0.3) is 0 Å². The molecule has 10 heteroatoms. The zero-order valence-electron chi connectivity index (χ0n) is 17.2. The van der Waals surface area contributed by atoms with Gasteiger partial charge in [0.15, 0.2) is 11.5 Å². The quantitative estimate of drug-likeness (QED) is 0.521. The normalized spacial score (nSPS) is 11.0. The summed E-state index contributed by atoms with van der Waals surface area (Å²) in [5.74, 6) is -0.965. The van der Waals surface area contributed by atoms with E-state index in [0.29, 0.717) is 20.8 Å². The SMILES string of the molecule is COc1ccc(S(=O)(=O)N(CC(=O)Nc2ccc(Cl)cc2)c2ccccc2F)cc1OC. The Morgan fingerprint density at radius 2 is 1.66 bits per heavy atom. The number of ether oxygens (including phenoxy) is 2. The summed E-state index contributed by atoms with van der Waals surface area (Å²) in [5.41, 5.74) is 0.143. The number of rotatable bonds is 8. The number of carbonyl (C=O) groups excluding carboxylic acids is 1. The third-order valence-corrected chi connectivity index (χ3v) is 6.49. The van der Waals surface area contributed by atoms with Crippen LogP contribution in [0.2, 0.25) is 5.02 Å². The molecule has 3 aromatic carbocycles. The van der Waals surface area contributed by atoms with Gasteiger partial charge < -0.3 is 14.8 Å². The molecular formula is C22H20ClFN2O5S. The second-order valence-electron chi connectivity index (χ2n) is 6.53. The van der Waals surface area contributed by atoms with Crippen molar-refractivity contribution in [2.45, 2.75) is 4.90 Å². The number of benzene rings is 3. The van der Waals surface area contributed by atoms with Crippen LogP contribution in [0.4, 0.5) is 15.8 Å². The van der Waals surface area contributed by atoms with Crippen molar-refractivity contribution in [2.75, 3.05) is 30.4 Å². The Balaban J connectivity index is 2.00. The van der Waals surface area contributed by atoms with Gasteiger partial charge in [-0.1, -0.05) is 23.7 Å². The number of hydrogen-bond acceptors (Lipinski definition) is 5. The van der Waals surface area contributed by atoms with E-state index >= 15 is 0 Å². The Morgan fingerprint density at radius 1 is 1.00 bits per heavy atom. The second kappa shape index (κ2) is 9.88. The maximum atomic E-state index is 14.6. The van der Waals surface area contributed by atoms with Gasteiger partial charge in [0, 0.05) is 16.8 Å². The van der Waals surface area contributed by atoms with Crippen molar-refractivity contribution in [2.24, 2.45) is 0 Å².